The van der Waals surface area contributed by atoms with Crippen molar-refractivity contribution in [1.82, 2.24) is 15.5 Å². The van der Waals surface area contributed by atoms with Gasteiger partial charge in [-0.3, -0.25) is 4.79 Å². The van der Waals surface area contributed by atoms with E-state index in [0.29, 0.717) is 31.0 Å². The van der Waals surface area contributed by atoms with Gasteiger partial charge in [0.2, 0.25) is 5.91 Å². The average Bonchev–Trinajstić information content (AvgIpc) is 2.85. The van der Waals surface area contributed by atoms with Crippen molar-refractivity contribution >= 4 is 5.91 Å². The Morgan fingerprint density at radius 2 is 1.83 bits per heavy atom. The Balaban J connectivity index is 1.49. The molecule has 2 fully saturated rings. The maximum absolute atomic E-state index is 12.3. The van der Waals surface area contributed by atoms with Gasteiger partial charge in [0, 0.05) is 31.6 Å². The molecule has 1 aromatic carbocycles. The summed E-state index contributed by atoms with van der Waals surface area (Å²) < 4.78 is 0. The molecule has 4 nitrogen and oxygen atoms in total. The number of hydrogen-bond acceptors (Lipinski definition) is 3. The molecule has 2 atom stereocenters. The van der Waals surface area contributed by atoms with Crippen molar-refractivity contribution in [2.24, 2.45) is 5.92 Å². The van der Waals surface area contributed by atoms with Crippen LogP contribution in [0.4, 0.5) is 0 Å². The Labute approximate surface area is 139 Å². The van der Waals surface area contributed by atoms with Crippen molar-refractivity contribution < 1.29 is 4.79 Å². The van der Waals surface area contributed by atoms with Gasteiger partial charge in [-0.15, -0.1) is 0 Å². The zero-order chi connectivity index (χ0) is 16.2. The highest BCUT2D eigenvalue weighted by molar-refractivity contribution is 5.76. The van der Waals surface area contributed by atoms with Crippen LogP contribution in [0.1, 0.15) is 43.2 Å². The first-order valence-electron chi connectivity index (χ1n) is 8.84. The molecule has 2 N–H and O–H groups in total. The molecule has 1 aromatic rings. The third kappa shape index (κ3) is 4.55. The molecule has 2 aliphatic heterocycles. The topological polar surface area (TPSA) is 44.4 Å². The fraction of sp³-hybridized carbons (Fsp3) is 0.632. The fourth-order valence-corrected chi connectivity index (χ4v) is 4.09. The lowest BCUT2D eigenvalue weighted by Crippen LogP contribution is -2.39. The van der Waals surface area contributed by atoms with Gasteiger partial charge in [-0.25, -0.2) is 0 Å². The van der Waals surface area contributed by atoms with Crippen LogP contribution in [0.25, 0.3) is 0 Å². The van der Waals surface area contributed by atoms with Crippen LogP contribution in [0, 0.1) is 5.92 Å². The number of rotatable bonds is 6. The van der Waals surface area contributed by atoms with Crippen LogP contribution in [-0.4, -0.2) is 37.0 Å². The summed E-state index contributed by atoms with van der Waals surface area (Å²) in [7, 11) is 4.14. The van der Waals surface area contributed by atoms with Gasteiger partial charge in [-0.05, 0) is 56.8 Å². The van der Waals surface area contributed by atoms with E-state index in [2.05, 4.69) is 47.8 Å². The molecular weight excluding hydrogens is 286 g/mol. The summed E-state index contributed by atoms with van der Waals surface area (Å²) >= 11 is 0. The molecule has 0 aliphatic carbocycles. The summed E-state index contributed by atoms with van der Waals surface area (Å²) in [5.41, 5.74) is 2.51. The third-order valence-corrected chi connectivity index (χ3v) is 5.13. The first kappa shape index (κ1) is 16.5. The van der Waals surface area contributed by atoms with E-state index in [0.717, 1.165) is 6.54 Å². The molecule has 23 heavy (non-hydrogen) atoms. The van der Waals surface area contributed by atoms with Gasteiger partial charge in [0.25, 0.3) is 0 Å². The summed E-state index contributed by atoms with van der Waals surface area (Å²) in [5, 5.41) is 6.77. The highest BCUT2D eigenvalue weighted by Crippen LogP contribution is 2.32. The third-order valence-electron chi connectivity index (χ3n) is 5.13. The second kappa shape index (κ2) is 7.45. The van der Waals surface area contributed by atoms with Gasteiger partial charge in [0.15, 0.2) is 0 Å². The minimum absolute atomic E-state index is 0.205. The number of amides is 1. The van der Waals surface area contributed by atoms with E-state index in [4.69, 9.17) is 0 Å². The predicted octanol–water partition coefficient (Wildman–Crippen LogP) is 2.29. The minimum atomic E-state index is 0.205. The Kier molecular flexibility index (Phi) is 5.34. The molecule has 126 valence electrons. The number of carbonyl (C=O) groups is 1. The Bertz CT molecular complexity index is 531. The van der Waals surface area contributed by atoms with Crippen LogP contribution in [-0.2, 0) is 17.9 Å². The first-order chi connectivity index (χ1) is 11.1. The standard InChI is InChI=1S/C19H29N3O/c1-22(2)13-16-6-4-3-5-15(16)12-20-19(23)11-14-9-17-7-8-18(10-14)21-17/h3-6,14,17-18,21H,7-13H2,1-2H3,(H,20,23). The van der Waals surface area contributed by atoms with Crippen LogP contribution in [0.5, 0.6) is 0 Å². The highest BCUT2D eigenvalue weighted by Gasteiger charge is 2.34. The summed E-state index contributed by atoms with van der Waals surface area (Å²) in [6.07, 6.45) is 5.61. The lowest BCUT2D eigenvalue weighted by Gasteiger charge is -2.28. The lowest BCUT2D eigenvalue weighted by atomic mass is 9.89. The number of piperidine rings is 1. The van der Waals surface area contributed by atoms with E-state index in [-0.39, 0.29) is 5.91 Å². The van der Waals surface area contributed by atoms with Gasteiger partial charge >= 0.3 is 0 Å². The molecule has 4 heteroatoms. The Hall–Kier alpha value is -1.39. The summed E-state index contributed by atoms with van der Waals surface area (Å²) in [5.74, 6) is 0.765. The van der Waals surface area contributed by atoms with Gasteiger partial charge in [0.1, 0.15) is 0 Å². The molecule has 2 saturated heterocycles. The van der Waals surface area contributed by atoms with Crippen LogP contribution in [0.15, 0.2) is 24.3 Å². The minimum Gasteiger partial charge on any atom is -0.352 e. The van der Waals surface area contributed by atoms with Crippen LogP contribution >= 0.6 is 0 Å². The molecule has 2 heterocycles. The maximum Gasteiger partial charge on any atom is 0.220 e. The first-order valence-corrected chi connectivity index (χ1v) is 8.84. The summed E-state index contributed by atoms with van der Waals surface area (Å²) in [6.45, 7) is 1.55. The van der Waals surface area contributed by atoms with Crippen LogP contribution in [0.3, 0.4) is 0 Å². The van der Waals surface area contributed by atoms with Crippen molar-refractivity contribution in [1.29, 1.82) is 0 Å². The van der Waals surface area contributed by atoms with E-state index in [1.54, 1.807) is 0 Å². The van der Waals surface area contributed by atoms with E-state index >= 15 is 0 Å². The van der Waals surface area contributed by atoms with Gasteiger partial charge < -0.3 is 15.5 Å². The quantitative estimate of drug-likeness (QED) is 0.846. The fourth-order valence-electron chi connectivity index (χ4n) is 4.09. The zero-order valence-corrected chi connectivity index (χ0v) is 14.3. The van der Waals surface area contributed by atoms with Crippen molar-refractivity contribution in [2.75, 3.05) is 14.1 Å². The Morgan fingerprint density at radius 3 is 2.48 bits per heavy atom. The van der Waals surface area contributed by atoms with Crippen molar-refractivity contribution in [3.05, 3.63) is 35.4 Å². The number of nitrogens with one attached hydrogen (secondary N) is 2. The van der Waals surface area contributed by atoms with Crippen molar-refractivity contribution in [2.45, 2.75) is 57.3 Å². The average molecular weight is 315 g/mol. The normalized spacial score (nSPS) is 26.5. The molecule has 0 aromatic heterocycles. The SMILES string of the molecule is CN(C)Cc1ccccc1CNC(=O)CC1CC2CCC(C1)N2. The van der Waals surface area contributed by atoms with Gasteiger partial charge in [-0.2, -0.15) is 0 Å². The summed E-state index contributed by atoms with van der Waals surface area (Å²) in [6, 6.07) is 9.69. The van der Waals surface area contributed by atoms with Crippen molar-refractivity contribution in [3.8, 4) is 0 Å². The molecule has 0 radical (unpaired) electrons. The molecule has 2 unspecified atom stereocenters. The second-order valence-corrected chi connectivity index (χ2v) is 7.46. The maximum atomic E-state index is 12.3. The molecular formula is C19H29N3O. The number of benzene rings is 1. The number of nitrogens with zero attached hydrogens (tertiary/aromatic N) is 1. The van der Waals surface area contributed by atoms with E-state index in [1.807, 2.05) is 6.07 Å². The van der Waals surface area contributed by atoms with Gasteiger partial charge in [0.05, 0.1) is 0 Å². The van der Waals surface area contributed by atoms with E-state index < -0.39 is 0 Å². The number of fused-ring (bicyclic) bond motifs is 2. The van der Waals surface area contributed by atoms with Gasteiger partial charge in [-0.1, -0.05) is 24.3 Å². The highest BCUT2D eigenvalue weighted by atomic mass is 16.1. The number of carbonyl (C=O) groups excluding carboxylic acids is 1. The molecule has 1 amide bonds. The predicted molar refractivity (Wildman–Crippen MR) is 93.0 cm³/mol. The molecule has 0 spiro atoms. The van der Waals surface area contributed by atoms with Crippen LogP contribution in [0.2, 0.25) is 0 Å². The molecule has 0 saturated carbocycles. The Morgan fingerprint density at radius 1 is 1.17 bits per heavy atom. The van der Waals surface area contributed by atoms with Crippen molar-refractivity contribution in [3.63, 3.8) is 0 Å². The van der Waals surface area contributed by atoms with E-state index in [1.165, 1.54) is 36.8 Å². The lowest BCUT2D eigenvalue weighted by molar-refractivity contribution is -0.122. The van der Waals surface area contributed by atoms with Crippen LogP contribution < -0.4 is 10.6 Å². The molecule has 2 aliphatic rings. The van der Waals surface area contributed by atoms with E-state index in [9.17, 15) is 4.79 Å². The zero-order valence-electron chi connectivity index (χ0n) is 14.3. The smallest absolute Gasteiger partial charge is 0.220 e. The largest absolute Gasteiger partial charge is 0.352 e. The molecule has 3 rings (SSSR count). The monoisotopic (exact) mass is 315 g/mol. The number of hydrogen-bond donors (Lipinski definition) is 2. The molecule has 2 bridgehead atoms. The summed E-state index contributed by atoms with van der Waals surface area (Å²) in [4.78, 5) is 14.5. The second-order valence-electron chi connectivity index (χ2n) is 7.46.